The van der Waals surface area contributed by atoms with Crippen molar-refractivity contribution in [3.05, 3.63) is 42.2 Å². The van der Waals surface area contributed by atoms with Crippen molar-refractivity contribution in [2.45, 2.75) is 32.8 Å². The van der Waals surface area contributed by atoms with E-state index in [1.165, 1.54) is 7.11 Å². The van der Waals surface area contributed by atoms with Gasteiger partial charge in [-0.3, -0.25) is 4.79 Å². The van der Waals surface area contributed by atoms with Gasteiger partial charge in [0.25, 0.3) is 5.91 Å². The first-order chi connectivity index (χ1) is 13.0. The van der Waals surface area contributed by atoms with Crippen LogP contribution in [0.4, 0.5) is 0 Å². The van der Waals surface area contributed by atoms with E-state index < -0.39 is 12.1 Å². The Hall–Kier alpha value is -2.83. The van der Waals surface area contributed by atoms with Crippen LogP contribution < -0.4 is 4.74 Å². The number of likely N-dealkylation sites (tertiary alicyclic amines) is 1. The highest BCUT2D eigenvalue weighted by Crippen LogP contribution is 2.22. The molecular formula is C20H25N3O4. The van der Waals surface area contributed by atoms with Crippen LogP contribution in [-0.2, 0) is 9.53 Å². The number of carbonyl (C=O) groups is 2. The van der Waals surface area contributed by atoms with E-state index >= 15 is 0 Å². The van der Waals surface area contributed by atoms with Crippen LogP contribution in [0.3, 0.4) is 0 Å². The van der Waals surface area contributed by atoms with Gasteiger partial charge in [0.05, 0.1) is 19.0 Å². The van der Waals surface area contributed by atoms with E-state index in [1.807, 2.05) is 30.3 Å². The highest BCUT2D eigenvalue weighted by atomic mass is 16.6. The minimum absolute atomic E-state index is 0.0493. The van der Waals surface area contributed by atoms with Crippen LogP contribution in [0, 0.1) is 5.92 Å². The van der Waals surface area contributed by atoms with Gasteiger partial charge in [-0.05, 0) is 37.8 Å². The molecule has 1 amide bonds. The fourth-order valence-electron chi connectivity index (χ4n) is 3.11. The van der Waals surface area contributed by atoms with Crippen molar-refractivity contribution in [2.75, 3.05) is 20.2 Å². The summed E-state index contributed by atoms with van der Waals surface area (Å²) < 4.78 is 12.2. The Morgan fingerprint density at radius 1 is 1.19 bits per heavy atom. The predicted octanol–water partition coefficient (Wildman–Crippen LogP) is 2.68. The third-order valence-corrected chi connectivity index (χ3v) is 4.84. The predicted molar refractivity (Wildman–Crippen MR) is 100.0 cm³/mol. The normalized spacial score (nSPS) is 16.0. The van der Waals surface area contributed by atoms with Crippen LogP contribution in [0.2, 0.25) is 0 Å². The monoisotopic (exact) mass is 371 g/mol. The molecule has 3 rings (SSSR count). The second kappa shape index (κ2) is 8.24. The summed E-state index contributed by atoms with van der Waals surface area (Å²) in [5, 5.41) is 4.28. The zero-order valence-electron chi connectivity index (χ0n) is 15.9. The Labute approximate surface area is 158 Å². The van der Waals surface area contributed by atoms with Crippen molar-refractivity contribution in [1.82, 2.24) is 14.7 Å². The molecule has 1 aromatic heterocycles. The molecule has 2 heterocycles. The summed E-state index contributed by atoms with van der Waals surface area (Å²) in [4.78, 5) is 26.9. The van der Waals surface area contributed by atoms with Crippen molar-refractivity contribution >= 4 is 11.9 Å². The number of esters is 1. The zero-order valence-corrected chi connectivity index (χ0v) is 15.9. The van der Waals surface area contributed by atoms with E-state index in [1.54, 1.807) is 22.7 Å². The molecule has 0 N–H and O–H groups in total. The molecule has 0 spiro atoms. The molecule has 0 aliphatic carbocycles. The number of benzene rings is 1. The lowest BCUT2D eigenvalue weighted by molar-refractivity contribution is -0.141. The number of rotatable bonds is 5. The molecule has 0 bridgehead atoms. The van der Waals surface area contributed by atoms with E-state index in [2.05, 4.69) is 12.0 Å². The molecule has 1 fully saturated rings. The van der Waals surface area contributed by atoms with Gasteiger partial charge < -0.3 is 14.4 Å². The van der Waals surface area contributed by atoms with Crippen LogP contribution >= 0.6 is 0 Å². The minimum Gasteiger partial charge on any atom is -0.493 e. The van der Waals surface area contributed by atoms with Gasteiger partial charge in [-0.15, -0.1) is 0 Å². The summed E-state index contributed by atoms with van der Waals surface area (Å²) in [7, 11) is 1.46. The molecule has 1 atom stereocenters. The van der Waals surface area contributed by atoms with Gasteiger partial charge >= 0.3 is 5.97 Å². The van der Waals surface area contributed by atoms with Crippen LogP contribution in [0.5, 0.6) is 5.75 Å². The van der Waals surface area contributed by atoms with Gasteiger partial charge in [0.2, 0.25) is 5.69 Å². The molecule has 7 nitrogen and oxygen atoms in total. The van der Waals surface area contributed by atoms with Crippen molar-refractivity contribution in [1.29, 1.82) is 0 Å². The summed E-state index contributed by atoms with van der Waals surface area (Å²) in [6, 6.07) is 9.38. The van der Waals surface area contributed by atoms with E-state index in [0.717, 1.165) is 18.5 Å². The van der Waals surface area contributed by atoms with Gasteiger partial charge in [0, 0.05) is 13.1 Å². The summed E-state index contributed by atoms with van der Waals surface area (Å²) in [6.07, 6.45) is 2.70. The van der Waals surface area contributed by atoms with Gasteiger partial charge in [0.1, 0.15) is 0 Å². The Morgan fingerprint density at radius 2 is 1.85 bits per heavy atom. The molecule has 1 aliphatic rings. The number of carbonyl (C=O) groups excluding carboxylic acids is 2. The quantitative estimate of drug-likeness (QED) is 0.756. The molecule has 144 valence electrons. The molecule has 0 saturated carbocycles. The largest absolute Gasteiger partial charge is 0.493 e. The van der Waals surface area contributed by atoms with Gasteiger partial charge in [-0.2, -0.15) is 5.10 Å². The fraction of sp³-hybridized carbons (Fsp3) is 0.450. The van der Waals surface area contributed by atoms with Crippen molar-refractivity contribution in [3.63, 3.8) is 0 Å². The number of amides is 1. The molecule has 1 saturated heterocycles. The minimum atomic E-state index is -0.863. The van der Waals surface area contributed by atoms with Crippen LogP contribution in [-0.4, -0.2) is 52.9 Å². The Morgan fingerprint density at radius 3 is 2.48 bits per heavy atom. The Balaban J connectivity index is 1.70. The van der Waals surface area contributed by atoms with Crippen molar-refractivity contribution in [3.8, 4) is 11.4 Å². The lowest BCUT2D eigenvalue weighted by atomic mass is 9.99. The summed E-state index contributed by atoms with van der Waals surface area (Å²) in [5.41, 5.74) is 0.842. The molecule has 0 unspecified atom stereocenters. The zero-order chi connectivity index (χ0) is 19.4. The molecule has 7 heteroatoms. The molecule has 0 radical (unpaired) electrons. The maximum absolute atomic E-state index is 12.6. The number of methoxy groups -OCH3 is 1. The molecule has 27 heavy (non-hydrogen) atoms. The number of aromatic nitrogens is 2. The average molecular weight is 371 g/mol. The number of para-hydroxylation sites is 1. The first-order valence-corrected chi connectivity index (χ1v) is 9.18. The van der Waals surface area contributed by atoms with E-state index in [9.17, 15) is 9.59 Å². The van der Waals surface area contributed by atoms with Gasteiger partial charge in [-0.1, -0.05) is 25.1 Å². The topological polar surface area (TPSA) is 73.7 Å². The standard InChI is InChI=1S/C20H25N3O4/c1-14-9-11-22(12-10-14)19(24)15(2)27-20(25)18-17(26-3)13-23(21-18)16-7-5-4-6-8-16/h4-8,13-15H,9-12H2,1-3H3/t15-/m1/s1. The maximum Gasteiger partial charge on any atom is 0.363 e. The Kier molecular flexibility index (Phi) is 5.78. The number of piperidine rings is 1. The maximum atomic E-state index is 12.6. The number of hydrogen-bond acceptors (Lipinski definition) is 5. The highest BCUT2D eigenvalue weighted by molar-refractivity contribution is 5.93. The van der Waals surface area contributed by atoms with E-state index in [4.69, 9.17) is 9.47 Å². The second-order valence-corrected chi connectivity index (χ2v) is 6.88. The van der Waals surface area contributed by atoms with E-state index in [-0.39, 0.29) is 11.6 Å². The summed E-state index contributed by atoms with van der Waals surface area (Å²) >= 11 is 0. The third-order valence-electron chi connectivity index (χ3n) is 4.84. The lowest BCUT2D eigenvalue weighted by Gasteiger charge is -2.31. The van der Waals surface area contributed by atoms with Crippen LogP contribution in [0.1, 0.15) is 37.2 Å². The first kappa shape index (κ1) is 18.9. The first-order valence-electron chi connectivity index (χ1n) is 9.18. The highest BCUT2D eigenvalue weighted by Gasteiger charge is 2.29. The molecule has 2 aromatic rings. The number of nitrogens with zero attached hydrogens (tertiary/aromatic N) is 3. The van der Waals surface area contributed by atoms with Crippen molar-refractivity contribution < 1.29 is 19.1 Å². The second-order valence-electron chi connectivity index (χ2n) is 6.88. The fourth-order valence-corrected chi connectivity index (χ4v) is 3.11. The van der Waals surface area contributed by atoms with Crippen LogP contribution in [0.25, 0.3) is 5.69 Å². The average Bonchev–Trinajstić information content (AvgIpc) is 3.13. The third kappa shape index (κ3) is 4.30. The van der Waals surface area contributed by atoms with Crippen molar-refractivity contribution in [2.24, 2.45) is 5.92 Å². The van der Waals surface area contributed by atoms with Gasteiger partial charge in [0.15, 0.2) is 11.9 Å². The molecule has 1 aliphatic heterocycles. The Bertz CT molecular complexity index is 795. The smallest absolute Gasteiger partial charge is 0.363 e. The lowest BCUT2D eigenvalue weighted by Crippen LogP contribution is -2.44. The summed E-state index contributed by atoms with van der Waals surface area (Å²) in [6.45, 7) is 5.18. The SMILES string of the molecule is COc1cn(-c2ccccc2)nc1C(=O)O[C@H](C)C(=O)N1CCC(C)CC1. The molecule has 1 aromatic carbocycles. The van der Waals surface area contributed by atoms with E-state index in [0.29, 0.717) is 24.8 Å². The number of ether oxygens (including phenoxy) is 2. The summed E-state index contributed by atoms with van der Waals surface area (Å²) in [5.74, 6) is 0.0814. The van der Waals surface area contributed by atoms with Gasteiger partial charge in [-0.25, -0.2) is 9.48 Å². The number of hydrogen-bond donors (Lipinski definition) is 0. The molecular weight excluding hydrogens is 346 g/mol. The van der Waals surface area contributed by atoms with Crippen LogP contribution in [0.15, 0.2) is 36.5 Å².